The first-order chi connectivity index (χ1) is 16.8. The molecule has 1 fully saturated rings. The van der Waals surface area contributed by atoms with Crippen LogP contribution in [0.3, 0.4) is 0 Å². The Hall–Kier alpha value is -3.43. The van der Waals surface area contributed by atoms with Gasteiger partial charge >= 0.3 is 5.69 Å². The van der Waals surface area contributed by atoms with Crippen molar-refractivity contribution < 1.29 is 14.4 Å². The summed E-state index contributed by atoms with van der Waals surface area (Å²) in [5, 5.41) is 4.74. The summed E-state index contributed by atoms with van der Waals surface area (Å²) in [5.41, 5.74) is 0.177. The van der Waals surface area contributed by atoms with Crippen LogP contribution in [0.4, 0.5) is 5.69 Å². The van der Waals surface area contributed by atoms with Crippen molar-refractivity contribution in [2.75, 3.05) is 12.2 Å². The molecule has 0 atom stereocenters. The van der Waals surface area contributed by atoms with Gasteiger partial charge in [-0.15, -0.1) is 0 Å². The lowest BCUT2D eigenvalue weighted by molar-refractivity contribution is -0.125. The van der Waals surface area contributed by atoms with Gasteiger partial charge in [0, 0.05) is 11.1 Å². The van der Waals surface area contributed by atoms with Crippen LogP contribution >= 0.6 is 11.6 Å². The molecule has 1 aliphatic rings. The van der Waals surface area contributed by atoms with Crippen LogP contribution in [0.15, 0.2) is 52.1 Å². The van der Waals surface area contributed by atoms with E-state index in [4.69, 9.17) is 16.4 Å². The van der Waals surface area contributed by atoms with E-state index in [0.29, 0.717) is 16.2 Å². The Morgan fingerprint density at radius 2 is 1.80 bits per heavy atom. The summed E-state index contributed by atoms with van der Waals surface area (Å²) in [6, 6.07) is 11.5. The van der Waals surface area contributed by atoms with E-state index in [-0.39, 0.29) is 11.4 Å². The number of nitrogens with zero attached hydrogens (tertiary/aromatic N) is 3. The normalized spacial score (nSPS) is 13.8. The van der Waals surface area contributed by atoms with E-state index in [1.54, 1.807) is 49.4 Å². The van der Waals surface area contributed by atoms with Gasteiger partial charge in [-0.1, -0.05) is 36.6 Å². The SMILES string of the molecule is CON(C(=O)Cn1c(=O)n(CC(=O)NC2CCCC2)c(=O)c2ccccc21)c1ccc(Cl)c(C)c1. The number of anilines is 1. The van der Waals surface area contributed by atoms with Crippen molar-refractivity contribution in [1.29, 1.82) is 0 Å². The molecule has 0 radical (unpaired) electrons. The minimum Gasteiger partial charge on any atom is -0.352 e. The molecule has 1 heterocycles. The van der Waals surface area contributed by atoms with Gasteiger partial charge in [0.15, 0.2) is 0 Å². The number of aryl methyl sites for hydroxylation is 1. The number of hydrogen-bond acceptors (Lipinski definition) is 5. The number of hydrogen-bond donors (Lipinski definition) is 1. The molecule has 2 amide bonds. The number of halogens is 1. The largest absolute Gasteiger partial charge is 0.352 e. The molecule has 0 saturated heterocycles. The molecule has 10 heteroatoms. The molecule has 0 aliphatic heterocycles. The highest BCUT2D eigenvalue weighted by molar-refractivity contribution is 6.31. The minimum atomic E-state index is -0.744. The van der Waals surface area contributed by atoms with Crippen LogP contribution in [0.25, 0.3) is 10.9 Å². The molecule has 9 nitrogen and oxygen atoms in total. The number of carbonyl (C=O) groups excluding carboxylic acids is 2. The average Bonchev–Trinajstić information content (AvgIpc) is 3.35. The van der Waals surface area contributed by atoms with Crippen LogP contribution in [-0.2, 0) is 27.5 Å². The molecule has 1 N–H and O–H groups in total. The van der Waals surface area contributed by atoms with Gasteiger partial charge in [0.1, 0.15) is 13.1 Å². The molecule has 1 aliphatic carbocycles. The Bertz CT molecular complexity index is 1390. The maximum atomic E-state index is 13.4. The van der Waals surface area contributed by atoms with Crippen LogP contribution in [0.5, 0.6) is 0 Å². The number of benzene rings is 2. The van der Waals surface area contributed by atoms with E-state index in [0.717, 1.165) is 40.9 Å². The molecule has 35 heavy (non-hydrogen) atoms. The first kappa shape index (κ1) is 24.7. The molecule has 1 aromatic heterocycles. The first-order valence-corrected chi connectivity index (χ1v) is 11.8. The highest BCUT2D eigenvalue weighted by atomic mass is 35.5. The molecular formula is C25H27ClN4O5. The van der Waals surface area contributed by atoms with Crippen LogP contribution in [0, 0.1) is 6.92 Å². The summed E-state index contributed by atoms with van der Waals surface area (Å²) in [5.74, 6) is -0.943. The fraction of sp³-hybridized carbons (Fsp3) is 0.360. The molecule has 4 rings (SSSR count). The van der Waals surface area contributed by atoms with Gasteiger partial charge in [-0.2, -0.15) is 5.06 Å². The number of fused-ring (bicyclic) bond motifs is 1. The molecule has 3 aromatic rings. The van der Waals surface area contributed by atoms with E-state index in [1.807, 2.05) is 0 Å². The van der Waals surface area contributed by atoms with Crippen LogP contribution in [-0.4, -0.2) is 34.1 Å². The molecule has 2 aromatic carbocycles. The lowest BCUT2D eigenvalue weighted by Gasteiger charge is -2.22. The lowest BCUT2D eigenvalue weighted by atomic mass is 10.2. The van der Waals surface area contributed by atoms with Crippen LogP contribution < -0.4 is 21.6 Å². The zero-order valence-electron chi connectivity index (χ0n) is 19.6. The van der Waals surface area contributed by atoms with Crippen molar-refractivity contribution in [3.05, 3.63) is 73.9 Å². The van der Waals surface area contributed by atoms with Gasteiger partial charge in [-0.05, 0) is 55.7 Å². The van der Waals surface area contributed by atoms with Crippen molar-refractivity contribution in [2.45, 2.75) is 51.7 Å². The third kappa shape index (κ3) is 5.16. The van der Waals surface area contributed by atoms with Gasteiger partial charge in [-0.3, -0.25) is 28.4 Å². The Kier molecular flexibility index (Phi) is 7.37. The average molecular weight is 499 g/mol. The predicted octanol–water partition coefficient (Wildman–Crippen LogP) is 2.78. The molecule has 184 valence electrons. The van der Waals surface area contributed by atoms with Gasteiger partial charge in [0.05, 0.1) is 23.7 Å². The Morgan fingerprint density at radius 3 is 2.49 bits per heavy atom. The van der Waals surface area contributed by atoms with E-state index >= 15 is 0 Å². The third-order valence-electron chi connectivity index (χ3n) is 6.23. The summed E-state index contributed by atoms with van der Waals surface area (Å²) in [6.45, 7) is 0.978. The first-order valence-electron chi connectivity index (χ1n) is 11.4. The minimum absolute atomic E-state index is 0.0561. The van der Waals surface area contributed by atoms with Gasteiger partial charge in [0.2, 0.25) is 5.91 Å². The summed E-state index contributed by atoms with van der Waals surface area (Å²) >= 11 is 6.10. The van der Waals surface area contributed by atoms with E-state index in [9.17, 15) is 19.2 Å². The lowest BCUT2D eigenvalue weighted by Crippen LogP contribution is -2.46. The maximum absolute atomic E-state index is 13.4. The summed E-state index contributed by atoms with van der Waals surface area (Å²) in [7, 11) is 1.34. The molecule has 0 unspecified atom stereocenters. The monoisotopic (exact) mass is 498 g/mol. The number of amides is 2. The highest BCUT2D eigenvalue weighted by Crippen LogP contribution is 2.23. The predicted molar refractivity (Wildman–Crippen MR) is 134 cm³/mol. The topological polar surface area (TPSA) is 103 Å². The van der Waals surface area contributed by atoms with Crippen molar-refractivity contribution in [2.24, 2.45) is 0 Å². The fourth-order valence-corrected chi connectivity index (χ4v) is 4.57. The van der Waals surface area contributed by atoms with Gasteiger partial charge in [0.25, 0.3) is 11.5 Å². The number of para-hydroxylation sites is 1. The third-order valence-corrected chi connectivity index (χ3v) is 6.66. The van der Waals surface area contributed by atoms with Crippen LogP contribution in [0.1, 0.15) is 31.2 Å². The second-order valence-corrected chi connectivity index (χ2v) is 9.04. The number of aromatic nitrogens is 2. The second-order valence-electron chi connectivity index (χ2n) is 8.63. The molecular weight excluding hydrogens is 472 g/mol. The number of rotatable bonds is 7. The standard InChI is InChI=1S/C25H27ClN4O5/c1-16-13-18(11-12-20(16)26)30(35-2)23(32)15-28-21-10-6-5-9-19(21)24(33)29(25(28)34)14-22(31)27-17-7-3-4-8-17/h5-6,9-13,17H,3-4,7-8,14-15H2,1-2H3,(H,27,31). The molecule has 0 spiro atoms. The zero-order valence-corrected chi connectivity index (χ0v) is 20.4. The van der Waals surface area contributed by atoms with Crippen molar-refractivity contribution in [3.63, 3.8) is 0 Å². The summed E-state index contributed by atoms with van der Waals surface area (Å²) in [4.78, 5) is 57.6. The van der Waals surface area contributed by atoms with Gasteiger partial charge in [-0.25, -0.2) is 4.79 Å². The highest BCUT2D eigenvalue weighted by Gasteiger charge is 2.23. The van der Waals surface area contributed by atoms with Crippen molar-refractivity contribution >= 4 is 40.0 Å². The summed E-state index contributed by atoms with van der Waals surface area (Å²) < 4.78 is 2.07. The zero-order chi connectivity index (χ0) is 25.1. The van der Waals surface area contributed by atoms with Gasteiger partial charge < -0.3 is 5.32 Å². The number of carbonyl (C=O) groups is 2. The number of nitrogens with one attached hydrogen (secondary N) is 1. The van der Waals surface area contributed by atoms with E-state index in [2.05, 4.69) is 5.32 Å². The van der Waals surface area contributed by atoms with Crippen LogP contribution in [0.2, 0.25) is 5.02 Å². The smallest absolute Gasteiger partial charge is 0.332 e. The molecule has 0 bridgehead atoms. The summed E-state index contributed by atoms with van der Waals surface area (Å²) in [6.07, 6.45) is 3.85. The molecule has 1 saturated carbocycles. The Balaban J connectivity index is 1.70. The van der Waals surface area contributed by atoms with E-state index < -0.39 is 36.2 Å². The quantitative estimate of drug-likeness (QED) is 0.505. The Labute approximate surface area is 206 Å². The maximum Gasteiger partial charge on any atom is 0.332 e. The van der Waals surface area contributed by atoms with Crippen molar-refractivity contribution in [1.82, 2.24) is 14.5 Å². The Morgan fingerprint density at radius 1 is 1.09 bits per heavy atom. The second kappa shape index (κ2) is 10.5. The van der Waals surface area contributed by atoms with Crippen molar-refractivity contribution in [3.8, 4) is 0 Å². The van der Waals surface area contributed by atoms with E-state index in [1.165, 1.54) is 11.7 Å². The number of hydroxylamine groups is 1. The fourth-order valence-electron chi connectivity index (χ4n) is 4.46.